The van der Waals surface area contributed by atoms with Crippen LogP contribution in [-0.2, 0) is 10.8 Å². The van der Waals surface area contributed by atoms with E-state index in [4.69, 9.17) is 0 Å². The number of anilines is 3. The molecule has 0 saturated heterocycles. The molecule has 0 N–H and O–H groups in total. The fourth-order valence-corrected chi connectivity index (χ4v) is 10.8. The Kier molecular flexibility index (Phi) is 8.66. The van der Waals surface area contributed by atoms with Crippen molar-refractivity contribution in [1.29, 1.82) is 0 Å². The van der Waals surface area contributed by atoms with Crippen LogP contribution in [0.2, 0.25) is 0 Å². The minimum atomic E-state index is 0.111. The molecule has 5 aliphatic rings. The van der Waals surface area contributed by atoms with Crippen LogP contribution in [0.3, 0.4) is 0 Å². The maximum absolute atomic E-state index is 2.55. The Morgan fingerprint density at radius 2 is 1.15 bits per heavy atom. The fourth-order valence-electron chi connectivity index (χ4n) is 10.8. The van der Waals surface area contributed by atoms with E-state index in [9.17, 15) is 0 Å². The summed E-state index contributed by atoms with van der Waals surface area (Å²) in [5.41, 5.74) is 17.3. The minimum absolute atomic E-state index is 0.111. The molecule has 0 unspecified atom stereocenters. The van der Waals surface area contributed by atoms with Gasteiger partial charge in [-0.05, 0) is 121 Å². The zero-order valence-electron chi connectivity index (χ0n) is 31.1. The number of likely N-dealkylation sites (N-methyl/N-ethyl adjacent to an activating group) is 1. The molecule has 2 heteroatoms. The molecule has 1 aliphatic heterocycles. The van der Waals surface area contributed by atoms with Crippen LogP contribution in [-0.4, -0.2) is 7.05 Å². The van der Waals surface area contributed by atoms with Gasteiger partial charge in [-0.15, -0.1) is 0 Å². The Hall–Kier alpha value is -4.82. The summed E-state index contributed by atoms with van der Waals surface area (Å²) in [5.74, 6) is 0. The van der Waals surface area contributed by atoms with Crippen molar-refractivity contribution >= 4 is 22.6 Å². The number of fused-ring (bicyclic) bond motifs is 4. The zero-order valence-corrected chi connectivity index (χ0v) is 31.1. The number of rotatable bonds is 6. The first-order valence-electron chi connectivity index (χ1n) is 20.0. The van der Waals surface area contributed by atoms with Crippen LogP contribution in [0.15, 0.2) is 162 Å². The van der Waals surface area contributed by atoms with Gasteiger partial charge in [-0.2, -0.15) is 0 Å². The van der Waals surface area contributed by atoms with E-state index in [1.165, 1.54) is 121 Å². The van der Waals surface area contributed by atoms with E-state index in [-0.39, 0.29) is 10.8 Å². The summed E-state index contributed by atoms with van der Waals surface area (Å²) in [7, 11) is 2.29. The van der Waals surface area contributed by atoms with Crippen molar-refractivity contribution in [2.24, 2.45) is 0 Å². The van der Waals surface area contributed by atoms with Crippen LogP contribution < -0.4 is 9.80 Å². The van der Waals surface area contributed by atoms with E-state index in [2.05, 4.69) is 157 Å². The molecule has 9 rings (SSSR count). The SMILES string of the molecule is CC1=C(C=CC2=C(N(c3ccccc3)c3ccccc3)/C(=C/C=C3N(C)c4ccccc4C34CCCCC4)CC2)C2(CCCCC2)c2ccccc21. The standard InChI is InChI=1S/C50H52N2/c1-37-42-23-11-12-24-44(42)49(33-15-5-16-34-49)43(37)31-29-38-27-28-39(48(38)52(40-19-7-3-8-20-40)41-21-9-4-10-22-41)30-32-47-50(35-17-6-18-36-50)45-25-13-14-26-46(45)51(47)2/h3-4,7-14,19-26,29-32H,5-6,15-18,27-28,33-36H2,1-2H3/b31-29?,39-30+,47-32?. The van der Waals surface area contributed by atoms with Crippen molar-refractivity contribution in [2.75, 3.05) is 16.8 Å². The second kappa shape index (κ2) is 13.6. The van der Waals surface area contributed by atoms with Crippen LogP contribution in [0.4, 0.5) is 17.1 Å². The Morgan fingerprint density at radius 1 is 0.577 bits per heavy atom. The molecule has 1 heterocycles. The molecule has 0 bridgehead atoms. The van der Waals surface area contributed by atoms with Gasteiger partial charge in [-0.3, -0.25) is 0 Å². The third kappa shape index (κ3) is 5.37. The zero-order chi connectivity index (χ0) is 35.1. The molecular weight excluding hydrogens is 629 g/mol. The van der Waals surface area contributed by atoms with Gasteiger partial charge in [0.15, 0.2) is 0 Å². The van der Waals surface area contributed by atoms with Gasteiger partial charge in [0, 0.05) is 40.6 Å². The number of para-hydroxylation sites is 3. The van der Waals surface area contributed by atoms with Crippen molar-refractivity contribution < 1.29 is 0 Å². The molecule has 2 fully saturated rings. The third-order valence-electron chi connectivity index (χ3n) is 13.2. The van der Waals surface area contributed by atoms with Gasteiger partial charge in [0.2, 0.25) is 0 Å². The smallest absolute Gasteiger partial charge is 0.0525 e. The van der Waals surface area contributed by atoms with Crippen LogP contribution in [0.1, 0.15) is 101 Å². The van der Waals surface area contributed by atoms with Gasteiger partial charge in [0.1, 0.15) is 0 Å². The van der Waals surface area contributed by atoms with E-state index in [0.717, 1.165) is 12.8 Å². The van der Waals surface area contributed by atoms with E-state index in [1.54, 1.807) is 11.1 Å². The third-order valence-corrected chi connectivity index (χ3v) is 13.2. The molecule has 4 aromatic rings. The fraction of sp³-hybridized carbons (Fsp3) is 0.320. The molecule has 2 nitrogen and oxygen atoms in total. The highest BCUT2D eigenvalue weighted by Gasteiger charge is 2.46. The average molecular weight is 681 g/mol. The van der Waals surface area contributed by atoms with Crippen LogP contribution in [0.5, 0.6) is 0 Å². The lowest BCUT2D eigenvalue weighted by Crippen LogP contribution is -2.31. The number of nitrogens with zero attached hydrogens (tertiary/aromatic N) is 2. The number of hydrogen-bond acceptors (Lipinski definition) is 2. The van der Waals surface area contributed by atoms with Crippen LogP contribution >= 0.6 is 0 Å². The summed E-state index contributed by atoms with van der Waals surface area (Å²) in [6, 6.07) is 40.5. The molecule has 4 aliphatic carbocycles. The Morgan fingerprint density at radius 3 is 1.83 bits per heavy atom. The van der Waals surface area contributed by atoms with Gasteiger partial charge in [-0.1, -0.05) is 136 Å². The molecule has 0 atom stereocenters. The van der Waals surface area contributed by atoms with Gasteiger partial charge < -0.3 is 9.80 Å². The maximum Gasteiger partial charge on any atom is 0.0525 e. The van der Waals surface area contributed by atoms with Gasteiger partial charge >= 0.3 is 0 Å². The minimum Gasteiger partial charge on any atom is -0.347 e. The van der Waals surface area contributed by atoms with E-state index >= 15 is 0 Å². The molecule has 0 radical (unpaired) electrons. The largest absolute Gasteiger partial charge is 0.347 e. The normalized spacial score (nSPS) is 22.0. The lowest BCUT2D eigenvalue weighted by atomic mass is 9.67. The van der Waals surface area contributed by atoms with Crippen molar-refractivity contribution in [3.05, 3.63) is 178 Å². The second-order valence-corrected chi connectivity index (χ2v) is 15.9. The first kappa shape index (κ1) is 33.0. The highest BCUT2D eigenvalue weighted by molar-refractivity contribution is 5.82. The van der Waals surface area contributed by atoms with Crippen LogP contribution in [0, 0.1) is 0 Å². The average Bonchev–Trinajstić information content (AvgIpc) is 3.77. The predicted octanol–water partition coefficient (Wildman–Crippen LogP) is 13.3. The van der Waals surface area contributed by atoms with Gasteiger partial charge in [0.25, 0.3) is 0 Å². The monoisotopic (exact) mass is 680 g/mol. The van der Waals surface area contributed by atoms with Gasteiger partial charge in [0.05, 0.1) is 5.70 Å². The lowest BCUT2D eigenvalue weighted by Gasteiger charge is -2.37. The quantitative estimate of drug-likeness (QED) is 0.200. The summed E-state index contributed by atoms with van der Waals surface area (Å²) in [6.07, 6.45) is 25.0. The van der Waals surface area contributed by atoms with Crippen molar-refractivity contribution in [3.63, 3.8) is 0 Å². The number of allylic oxidation sites excluding steroid dienone is 9. The number of hydrogen-bond donors (Lipinski definition) is 0. The topological polar surface area (TPSA) is 6.48 Å². The molecular formula is C50H52N2. The van der Waals surface area contributed by atoms with Crippen LogP contribution in [0.25, 0.3) is 5.57 Å². The first-order valence-corrected chi connectivity index (χ1v) is 20.0. The molecule has 4 aromatic carbocycles. The van der Waals surface area contributed by atoms with Crippen molar-refractivity contribution in [3.8, 4) is 0 Å². The van der Waals surface area contributed by atoms with E-state index in [1.807, 2.05) is 0 Å². The molecule has 0 aromatic heterocycles. The number of benzene rings is 4. The maximum atomic E-state index is 2.55. The van der Waals surface area contributed by atoms with E-state index in [0.29, 0.717) is 0 Å². The van der Waals surface area contributed by atoms with E-state index < -0.39 is 0 Å². The van der Waals surface area contributed by atoms with Crippen molar-refractivity contribution in [1.82, 2.24) is 0 Å². The summed E-state index contributed by atoms with van der Waals surface area (Å²) in [5, 5.41) is 0. The summed E-state index contributed by atoms with van der Waals surface area (Å²) in [4.78, 5) is 5.03. The molecule has 0 amide bonds. The Balaban J connectivity index is 1.20. The molecule has 2 saturated carbocycles. The summed E-state index contributed by atoms with van der Waals surface area (Å²) >= 11 is 0. The molecule has 52 heavy (non-hydrogen) atoms. The Bertz CT molecular complexity index is 2070. The Labute approximate surface area is 311 Å². The lowest BCUT2D eigenvalue weighted by molar-refractivity contribution is 0.347. The molecule has 2 spiro atoms. The first-order chi connectivity index (χ1) is 25.6. The summed E-state index contributed by atoms with van der Waals surface area (Å²) < 4.78 is 0. The second-order valence-electron chi connectivity index (χ2n) is 15.9. The summed E-state index contributed by atoms with van der Waals surface area (Å²) in [6.45, 7) is 2.38. The van der Waals surface area contributed by atoms with Gasteiger partial charge in [-0.25, -0.2) is 0 Å². The van der Waals surface area contributed by atoms with Crippen molar-refractivity contribution in [2.45, 2.75) is 94.8 Å². The molecule has 262 valence electrons. The predicted molar refractivity (Wildman–Crippen MR) is 220 cm³/mol. The highest BCUT2D eigenvalue weighted by Crippen LogP contribution is 2.56. The highest BCUT2D eigenvalue weighted by atomic mass is 15.2.